The topological polar surface area (TPSA) is 155 Å². The van der Waals surface area contributed by atoms with Crippen LogP contribution in [0.5, 0.6) is 0 Å². The minimum absolute atomic E-state index is 0.0118. The van der Waals surface area contributed by atoms with Crippen LogP contribution in [-0.2, 0) is 26.9 Å². The number of alkyl carbamates (subject to hydrolysis) is 1. The molecule has 0 unspecified atom stereocenters. The number of hydrogen-bond donors (Lipinski definition) is 3. The molecule has 2 aliphatic rings. The van der Waals surface area contributed by atoms with Crippen molar-refractivity contribution in [2.45, 2.75) is 103 Å². The summed E-state index contributed by atoms with van der Waals surface area (Å²) in [6.45, 7) is 8.92. The highest BCUT2D eigenvalue weighted by Crippen LogP contribution is 2.42. The largest absolute Gasteiger partial charge is 0.462 e. The number of nitrogens with two attached hydrogens (primary N) is 1. The first kappa shape index (κ1) is 33.8. The van der Waals surface area contributed by atoms with Crippen LogP contribution in [0.1, 0.15) is 105 Å². The fraction of sp³-hybridized carbons (Fsp3) is 0.581. The predicted molar refractivity (Wildman–Crippen MR) is 158 cm³/mol. The van der Waals surface area contributed by atoms with Crippen LogP contribution in [0, 0.1) is 5.41 Å². The second-order valence-electron chi connectivity index (χ2n) is 13.4. The fourth-order valence-electron chi connectivity index (χ4n) is 5.73. The Hall–Kier alpha value is -4.10. The van der Waals surface area contributed by atoms with E-state index in [0.717, 1.165) is 4.68 Å². The van der Waals surface area contributed by atoms with Gasteiger partial charge in [0.2, 0.25) is 0 Å². The van der Waals surface area contributed by atoms with Crippen LogP contribution in [-0.4, -0.2) is 57.8 Å². The van der Waals surface area contributed by atoms with E-state index in [9.17, 15) is 32.3 Å². The van der Waals surface area contributed by atoms with Crippen molar-refractivity contribution in [1.82, 2.24) is 15.1 Å². The van der Waals surface area contributed by atoms with Gasteiger partial charge in [-0.1, -0.05) is 13.8 Å². The number of aromatic nitrogens is 2. The summed E-state index contributed by atoms with van der Waals surface area (Å²) in [4.78, 5) is 49.1. The van der Waals surface area contributed by atoms with E-state index in [1.54, 1.807) is 20.8 Å². The SMILES string of the molecule is CC1(C)CC(=O)c2c(C(F)(F)F)nn(-c3ccc(C(N)=O)c(NC4CCC(OC(=O)CCNC(=O)OC(C)(C)C)CC4)c3)c2C1. The maximum Gasteiger partial charge on any atom is 0.435 e. The number of fused-ring (bicyclic) bond motifs is 1. The second kappa shape index (κ2) is 12.7. The molecular formula is C31H40F3N5O6. The number of benzene rings is 1. The number of nitrogens with one attached hydrogen (secondary N) is 2. The smallest absolute Gasteiger partial charge is 0.435 e. The second-order valence-corrected chi connectivity index (χ2v) is 13.4. The monoisotopic (exact) mass is 635 g/mol. The number of hydrogen-bond acceptors (Lipinski definition) is 8. The number of Topliss-reactive ketones (excluding diaryl/α,β-unsaturated/α-hetero) is 1. The van der Waals surface area contributed by atoms with Crippen molar-refractivity contribution in [2.24, 2.45) is 11.1 Å². The maximum atomic E-state index is 13.9. The van der Waals surface area contributed by atoms with Crippen molar-refractivity contribution in [2.75, 3.05) is 11.9 Å². The molecule has 0 spiro atoms. The molecule has 0 bridgehead atoms. The fourth-order valence-corrected chi connectivity index (χ4v) is 5.73. The van der Waals surface area contributed by atoms with E-state index in [4.69, 9.17) is 15.2 Å². The molecule has 1 fully saturated rings. The minimum atomic E-state index is -4.82. The highest BCUT2D eigenvalue weighted by molar-refractivity contribution is 6.00. The minimum Gasteiger partial charge on any atom is -0.462 e. The standard InChI is InChI=1S/C31H40F3N5O6/c1-29(2,3)45-28(43)36-13-12-24(41)44-19-9-6-17(7-10-19)37-21-14-18(8-11-20(21)27(35)42)39-22-15-30(4,5)16-23(40)25(22)26(38-39)31(32,33)34/h8,11,14,17,19,37H,6-7,9-10,12-13,15-16H2,1-5H3,(H2,35,42)(H,36,43). The van der Waals surface area contributed by atoms with Gasteiger partial charge in [0.15, 0.2) is 11.5 Å². The first-order valence-corrected chi connectivity index (χ1v) is 14.9. The van der Waals surface area contributed by atoms with Gasteiger partial charge in [-0.25, -0.2) is 9.48 Å². The molecule has 14 heteroatoms. The highest BCUT2D eigenvalue weighted by Gasteiger charge is 2.45. The van der Waals surface area contributed by atoms with Gasteiger partial charge < -0.3 is 25.8 Å². The molecule has 1 aromatic carbocycles. The quantitative estimate of drug-likeness (QED) is 0.329. The predicted octanol–water partition coefficient (Wildman–Crippen LogP) is 5.33. The molecule has 0 aliphatic heterocycles. The summed E-state index contributed by atoms with van der Waals surface area (Å²) in [6, 6.07) is 4.26. The average molecular weight is 636 g/mol. The molecule has 45 heavy (non-hydrogen) atoms. The number of ether oxygens (including phenoxy) is 2. The Morgan fingerprint density at radius 1 is 1.09 bits per heavy atom. The van der Waals surface area contributed by atoms with Crippen molar-refractivity contribution in [1.29, 1.82) is 0 Å². The van der Waals surface area contributed by atoms with Crippen LogP contribution in [0.4, 0.5) is 23.7 Å². The van der Waals surface area contributed by atoms with Crippen molar-refractivity contribution < 1.29 is 41.8 Å². The van der Waals surface area contributed by atoms with E-state index in [1.165, 1.54) is 18.2 Å². The normalized spacial score (nSPS) is 19.8. The van der Waals surface area contributed by atoms with Crippen LogP contribution >= 0.6 is 0 Å². The Bertz CT molecular complexity index is 1470. The Morgan fingerprint density at radius 2 is 1.76 bits per heavy atom. The van der Waals surface area contributed by atoms with Gasteiger partial charge in [-0.3, -0.25) is 14.4 Å². The number of anilines is 1. The van der Waals surface area contributed by atoms with Gasteiger partial charge >= 0.3 is 18.2 Å². The Labute approximate surface area is 259 Å². The molecule has 0 atom stereocenters. The third-order valence-electron chi connectivity index (χ3n) is 7.66. The van der Waals surface area contributed by atoms with Crippen LogP contribution in [0.2, 0.25) is 0 Å². The van der Waals surface area contributed by atoms with Crippen LogP contribution in [0.3, 0.4) is 0 Å². The van der Waals surface area contributed by atoms with Gasteiger partial charge in [0.25, 0.3) is 5.91 Å². The van der Waals surface area contributed by atoms with Crippen molar-refractivity contribution in [3.63, 3.8) is 0 Å². The molecule has 246 valence electrons. The molecule has 11 nitrogen and oxygen atoms in total. The van der Waals surface area contributed by atoms with Crippen LogP contribution < -0.4 is 16.4 Å². The Balaban J connectivity index is 1.44. The third-order valence-corrected chi connectivity index (χ3v) is 7.66. The average Bonchev–Trinajstić information content (AvgIpc) is 3.28. The lowest BCUT2D eigenvalue weighted by molar-refractivity contribution is -0.150. The first-order valence-electron chi connectivity index (χ1n) is 14.9. The summed E-state index contributed by atoms with van der Waals surface area (Å²) in [5.41, 5.74) is 3.67. The van der Waals surface area contributed by atoms with Gasteiger partial charge in [-0.05, 0) is 76.5 Å². The molecule has 0 saturated heterocycles. The lowest BCUT2D eigenvalue weighted by Gasteiger charge is -2.30. The number of amides is 2. The zero-order valence-electron chi connectivity index (χ0n) is 26.1. The highest BCUT2D eigenvalue weighted by atomic mass is 19.4. The third kappa shape index (κ3) is 8.54. The molecule has 2 aliphatic carbocycles. The number of rotatable bonds is 8. The van der Waals surface area contributed by atoms with Gasteiger partial charge in [0.1, 0.15) is 11.7 Å². The van der Waals surface area contributed by atoms with E-state index in [2.05, 4.69) is 15.7 Å². The zero-order valence-corrected chi connectivity index (χ0v) is 26.1. The van der Waals surface area contributed by atoms with Gasteiger partial charge in [-0.15, -0.1) is 0 Å². The zero-order chi connectivity index (χ0) is 33.3. The molecule has 1 aromatic heterocycles. The van der Waals surface area contributed by atoms with Crippen molar-refractivity contribution in [3.05, 3.63) is 40.7 Å². The number of halogens is 3. The number of carbonyl (C=O) groups is 4. The van der Waals surface area contributed by atoms with Crippen LogP contribution in [0.15, 0.2) is 18.2 Å². The number of esters is 1. The summed E-state index contributed by atoms with van der Waals surface area (Å²) < 4.78 is 53.6. The number of alkyl halides is 3. The molecule has 4 N–H and O–H groups in total. The Morgan fingerprint density at radius 3 is 2.36 bits per heavy atom. The number of nitrogens with zero attached hydrogens (tertiary/aromatic N) is 2. The van der Waals surface area contributed by atoms with Crippen molar-refractivity contribution in [3.8, 4) is 5.69 Å². The van der Waals surface area contributed by atoms with Gasteiger partial charge in [-0.2, -0.15) is 18.3 Å². The molecular weight excluding hydrogens is 595 g/mol. The first-order chi connectivity index (χ1) is 20.8. The van der Waals surface area contributed by atoms with E-state index < -0.39 is 52.2 Å². The molecule has 4 rings (SSSR count). The number of carbonyl (C=O) groups excluding carboxylic acids is 4. The van der Waals surface area contributed by atoms with Crippen molar-refractivity contribution >= 4 is 29.4 Å². The van der Waals surface area contributed by atoms with E-state index in [-0.39, 0.29) is 54.9 Å². The van der Waals surface area contributed by atoms with Gasteiger partial charge in [0.05, 0.1) is 28.9 Å². The maximum absolute atomic E-state index is 13.9. The summed E-state index contributed by atoms with van der Waals surface area (Å²) >= 11 is 0. The lowest BCUT2D eigenvalue weighted by Crippen LogP contribution is -2.35. The van der Waals surface area contributed by atoms with E-state index in [0.29, 0.717) is 31.4 Å². The number of ketones is 1. The van der Waals surface area contributed by atoms with E-state index in [1.807, 2.05) is 13.8 Å². The number of primary amides is 1. The molecule has 1 heterocycles. The molecule has 2 aromatic rings. The summed E-state index contributed by atoms with van der Waals surface area (Å²) in [7, 11) is 0. The molecule has 2 amide bonds. The molecule has 0 radical (unpaired) electrons. The molecule has 1 saturated carbocycles. The Kier molecular flexibility index (Phi) is 9.55. The lowest BCUT2D eigenvalue weighted by atomic mass is 9.75. The van der Waals surface area contributed by atoms with Crippen LogP contribution in [0.25, 0.3) is 5.69 Å². The van der Waals surface area contributed by atoms with Gasteiger partial charge in [0, 0.05) is 24.7 Å². The van der Waals surface area contributed by atoms with E-state index >= 15 is 0 Å². The summed E-state index contributed by atoms with van der Waals surface area (Å²) in [5, 5.41) is 9.65. The summed E-state index contributed by atoms with van der Waals surface area (Å²) in [5.74, 6) is -1.78. The summed E-state index contributed by atoms with van der Waals surface area (Å²) in [6.07, 6.45) is -3.37.